The topological polar surface area (TPSA) is 62.3 Å². The first kappa shape index (κ1) is 12.4. The minimum atomic E-state index is 0.179. The Balaban J connectivity index is 1.74. The van der Waals surface area contributed by atoms with Crippen molar-refractivity contribution in [1.82, 2.24) is 9.78 Å². The first-order valence-electron chi connectivity index (χ1n) is 6.32. The Morgan fingerprint density at radius 1 is 1.53 bits per heavy atom. The highest BCUT2D eigenvalue weighted by atomic mass is 16.5. The van der Waals surface area contributed by atoms with E-state index in [1.807, 2.05) is 10.9 Å². The van der Waals surface area contributed by atoms with Crippen LogP contribution in [-0.2, 0) is 11.3 Å². The van der Waals surface area contributed by atoms with Crippen LogP contribution in [-0.4, -0.2) is 35.1 Å². The first-order valence-corrected chi connectivity index (χ1v) is 6.32. The van der Waals surface area contributed by atoms with Crippen molar-refractivity contribution in [3.8, 4) is 5.75 Å². The zero-order valence-electron chi connectivity index (χ0n) is 10.3. The maximum atomic E-state index is 5.71. The normalized spacial score (nSPS) is 24.1. The lowest BCUT2D eigenvalue weighted by atomic mass is 10.2. The molecule has 2 atom stereocenters. The highest BCUT2D eigenvalue weighted by Gasteiger charge is 2.24. The van der Waals surface area contributed by atoms with Crippen molar-refractivity contribution in [2.24, 2.45) is 5.73 Å². The van der Waals surface area contributed by atoms with Crippen LogP contribution in [0.4, 0.5) is 0 Å². The number of aromatic nitrogens is 2. The quantitative estimate of drug-likeness (QED) is 0.809. The van der Waals surface area contributed by atoms with Gasteiger partial charge in [-0.05, 0) is 19.3 Å². The molecule has 17 heavy (non-hydrogen) atoms. The molecule has 0 amide bonds. The molecule has 96 valence electrons. The van der Waals surface area contributed by atoms with Crippen molar-refractivity contribution in [3.05, 3.63) is 12.4 Å². The molecule has 2 heterocycles. The monoisotopic (exact) mass is 239 g/mol. The highest BCUT2D eigenvalue weighted by molar-refractivity contribution is 5.11. The summed E-state index contributed by atoms with van der Waals surface area (Å²) in [4.78, 5) is 0. The molecule has 0 aromatic carbocycles. The van der Waals surface area contributed by atoms with E-state index in [2.05, 4.69) is 12.0 Å². The minimum Gasteiger partial charge on any atom is -0.488 e. The third-order valence-corrected chi connectivity index (χ3v) is 2.96. The fraction of sp³-hybridized carbons (Fsp3) is 0.750. The number of rotatable bonds is 6. The molecule has 1 aromatic heterocycles. The van der Waals surface area contributed by atoms with Crippen LogP contribution >= 0.6 is 0 Å². The standard InChI is InChI=1S/C12H21N3O2/c1-2-5-15-8-12(7-14-15)16-9-11-4-3-10(6-13)17-11/h7-8,10-11H,2-6,9,13H2,1H3. The Kier molecular flexibility index (Phi) is 4.39. The van der Waals surface area contributed by atoms with Gasteiger partial charge >= 0.3 is 0 Å². The number of hydrogen-bond donors (Lipinski definition) is 1. The Labute approximate surface area is 102 Å². The van der Waals surface area contributed by atoms with Crippen LogP contribution in [0.15, 0.2) is 12.4 Å². The van der Waals surface area contributed by atoms with E-state index in [0.717, 1.165) is 31.6 Å². The second kappa shape index (κ2) is 6.02. The molecule has 1 saturated heterocycles. The Bertz CT molecular complexity index is 340. The third kappa shape index (κ3) is 3.44. The van der Waals surface area contributed by atoms with E-state index in [4.69, 9.17) is 15.2 Å². The smallest absolute Gasteiger partial charge is 0.157 e. The number of hydrogen-bond acceptors (Lipinski definition) is 4. The molecule has 5 nitrogen and oxygen atoms in total. The third-order valence-electron chi connectivity index (χ3n) is 2.96. The largest absolute Gasteiger partial charge is 0.488 e. The average Bonchev–Trinajstić information content (AvgIpc) is 2.95. The van der Waals surface area contributed by atoms with Crippen molar-refractivity contribution < 1.29 is 9.47 Å². The van der Waals surface area contributed by atoms with Gasteiger partial charge in [0.25, 0.3) is 0 Å². The van der Waals surface area contributed by atoms with E-state index in [-0.39, 0.29) is 12.2 Å². The second-order valence-electron chi connectivity index (χ2n) is 4.44. The van der Waals surface area contributed by atoms with Crippen LogP contribution in [0, 0.1) is 0 Å². The lowest BCUT2D eigenvalue weighted by Crippen LogP contribution is -2.23. The van der Waals surface area contributed by atoms with Gasteiger partial charge in [-0.3, -0.25) is 4.68 Å². The fourth-order valence-corrected chi connectivity index (χ4v) is 2.04. The van der Waals surface area contributed by atoms with E-state index in [9.17, 15) is 0 Å². The molecule has 0 spiro atoms. The van der Waals surface area contributed by atoms with Crippen LogP contribution in [0.1, 0.15) is 26.2 Å². The molecule has 0 bridgehead atoms. The maximum Gasteiger partial charge on any atom is 0.157 e. The molecule has 2 rings (SSSR count). The van der Waals surface area contributed by atoms with Crippen molar-refractivity contribution >= 4 is 0 Å². The van der Waals surface area contributed by atoms with Crippen molar-refractivity contribution in [2.45, 2.75) is 44.9 Å². The summed E-state index contributed by atoms with van der Waals surface area (Å²) in [5.74, 6) is 0.818. The summed E-state index contributed by atoms with van der Waals surface area (Å²) in [6, 6.07) is 0. The molecular formula is C12H21N3O2. The molecule has 2 unspecified atom stereocenters. The SMILES string of the molecule is CCCn1cc(OCC2CCC(CN)O2)cn1. The minimum absolute atomic E-state index is 0.179. The summed E-state index contributed by atoms with van der Waals surface area (Å²) < 4.78 is 13.3. The molecule has 0 aliphatic carbocycles. The van der Waals surface area contributed by atoms with Crippen LogP contribution in [0.2, 0.25) is 0 Å². The Morgan fingerprint density at radius 2 is 2.35 bits per heavy atom. The first-order chi connectivity index (χ1) is 8.31. The van der Waals surface area contributed by atoms with Gasteiger partial charge in [0, 0.05) is 13.1 Å². The van der Waals surface area contributed by atoms with Gasteiger partial charge in [-0.15, -0.1) is 0 Å². The zero-order chi connectivity index (χ0) is 12.1. The van der Waals surface area contributed by atoms with Crippen molar-refractivity contribution in [3.63, 3.8) is 0 Å². The predicted octanol–water partition coefficient (Wildman–Crippen LogP) is 1.18. The zero-order valence-corrected chi connectivity index (χ0v) is 10.3. The summed E-state index contributed by atoms with van der Waals surface area (Å²) in [7, 11) is 0. The lowest BCUT2D eigenvalue weighted by molar-refractivity contribution is 0.0222. The van der Waals surface area contributed by atoms with Crippen LogP contribution in [0.3, 0.4) is 0 Å². The van der Waals surface area contributed by atoms with E-state index in [1.54, 1.807) is 6.20 Å². The number of ether oxygens (including phenoxy) is 2. The van der Waals surface area contributed by atoms with Crippen molar-refractivity contribution in [2.75, 3.05) is 13.2 Å². The van der Waals surface area contributed by atoms with E-state index in [1.165, 1.54) is 0 Å². The highest BCUT2D eigenvalue weighted by Crippen LogP contribution is 2.20. The molecule has 2 N–H and O–H groups in total. The number of nitrogens with two attached hydrogens (primary N) is 1. The van der Waals surface area contributed by atoms with Gasteiger partial charge in [-0.2, -0.15) is 5.10 Å². The Morgan fingerprint density at radius 3 is 3.06 bits per heavy atom. The molecule has 0 radical (unpaired) electrons. The summed E-state index contributed by atoms with van der Waals surface area (Å²) in [5, 5.41) is 4.21. The summed E-state index contributed by atoms with van der Waals surface area (Å²) in [6.45, 7) is 4.25. The van der Waals surface area contributed by atoms with Gasteiger partial charge in [0.2, 0.25) is 0 Å². The van der Waals surface area contributed by atoms with Gasteiger partial charge < -0.3 is 15.2 Å². The summed E-state index contributed by atoms with van der Waals surface area (Å²) in [6.07, 6.45) is 7.23. The van der Waals surface area contributed by atoms with Crippen LogP contribution < -0.4 is 10.5 Å². The number of nitrogens with zero attached hydrogens (tertiary/aromatic N) is 2. The maximum absolute atomic E-state index is 5.71. The van der Waals surface area contributed by atoms with Gasteiger partial charge in [-0.1, -0.05) is 6.92 Å². The van der Waals surface area contributed by atoms with Crippen molar-refractivity contribution in [1.29, 1.82) is 0 Å². The van der Waals surface area contributed by atoms with E-state index < -0.39 is 0 Å². The molecule has 0 saturated carbocycles. The molecule has 1 aliphatic heterocycles. The molecule has 1 aliphatic rings. The molecule has 1 fully saturated rings. The van der Waals surface area contributed by atoms with E-state index >= 15 is 0 Å². The number of aryl methyl sites for hydroxylation is 1. The van der Waals surface area contributed by atoms with E-state index in [0.29, 0.717) is 13.2 Å². The van der Waals surface area contributed by atoms with Gasteiger partial charge in [0.1, 0.15) is 6.61 Å². The molecule has 5 heteroatoms. The van der Waals surface area contributed by atoms with Crippen LogP contribution in [0.25, 0.3) is 0 Å². The average molecular weight is 239 g/mol. The molecule has 1 aromatic rings. The summed E-state index contributed by atoms with van der Waals surface area (Å²) in [5.41, 5.74) is 5.56. The van der Waals surface area contributed by atoms with Gasteiger partial charge in [0.05, 0.1) is 24.6 Å². The summed E-state index contributed by atoms with van der Waals surface area (Å²) >= 11 is 0. The van der Waals surface area contributed by atoms with Gasteiger partial charge in [-0.25, -0.2) is 0 Å². The Hall–Kier alpha value is -1.07. The van der Waals surface area contributed by atoms with Gasteiger partial charge in [0.15, 0.2) is 5.75 Å². The predicted molar refractivity (Wildman–Crippen MR) is 65.0 cm³/mol. The van der Waals surface area contributed by atoms with Crippen LogP contribution in [0.5, 0.6) is 5.75 Å². The fourth-order valence-electron chi connectivity index (χ4n) is 2.04. The lowest BCUT2D eigenvalue weighted by Gasteiger charge is -2.12. The molecular weight excluding hydrogens is 218 g/mol. The second-order valence-corrected chi connectivity index (χ2v) is 4.44.